The molecule has 0 aliphatic heterocycles. The summed E-state index contributed by atoms with van der Waals surface area (Å²) in [5.41, 5.74) is 1.84. The molecular weight excluding hydrogens is 392 g/mol. The number of nitrogens with zero attached hydrogens (tertiary/aromatic N) is 4. The van der Waals surface area contributed by atoms with E-state index in [0.29, 0.717) is 16.8 Å². The molecule has 9 nitrogen and oxygen atoms in total. The number of thiazole rings is 1. The van der Waals surface area contributed by atoms with Crippen LogP contribution in [0, 0.1) is 6.92 Å². The fraction of sp³-hybridized carbons (Fsp3) is 0.211. The van der Waals surface area contributed by atoms with Crippen molar-refractivity contribution >= 4 is 40.0 Å². The van der Waals surface area contributed by atoms with E-state index in [1.165, 1.54) is 11.3 Å². The maximum absolute atomic E-state index is 11.8. The van der Waals surface area contributed by atoms with Gasteiger partial charge in [0.2, 0.25) is 5.91 Å². The number of amides is 1. The third-order valence-electron chi connectivity index (χ3n) is 3.81. The summed E-state index contributed by atoms with van der Waals surface area (Å²) in [6, 6.07) is 9.48. The molecule has 3 heterocycles. The van der Waals surface area contributed by atoms with Crippen LogP contribution in [0.3, 0.4) is 0 Å². The van der Waals surface area contributed by atoms with Crippen LogP contribution in [0.1, 0.15) is 5.56 Å². The molecule has 1 amide bonds. The fourth-order valence-electron chi connectivity index (χ4n) is 2.45. The van der Waals surface area contributed by atoms with Gasteiger partial charge >= 0.3 is 5.97 Å². The van der Waals surface area contributed by atoms with E-state index in [1.54, 1.807) is 24.3 Å². The Kier molecular flexibility index (Phi) is 6.35. The zero-order valence-corrected chi connectivity index (χ0v) is 16.7. The highest BCUT2D eigenvalue weighted by molar-refractivity contribution is 7.18. The van der Waals surface area contributed by atoms with E-state index in [0.717, 1.165) is 16.1 Å². The number of carbonyl (C=O) groups is 2. The predicted octanol–water partition coefficient (Wildman–Crippen LogP) is 2.29. The summed E-state index contributed by atoms with van der Waals surface area (Å²) < 4.78 is 0. The number of nitrogens with one attached hydrogen (secondary N) is 2. The molecule has 0 atom stereocenters. The number of carboxylic acid groups (broad SMARTS) is 1. The number of hydrogen-bond acceptors (Lipinski definition) is 8. The lowest BCUT2D eigenvalue weighted by Gasteiger charge is -2.14. The number of pyridine rings is 2. The number of rotatable bonds is 8. The number of aromatic nitrogens is 3. The van der Waals surface area contributed by atoms with Crippen LogP contribution < -0.4 is 15.5 Å². The van der Waals surface area contributed by atoms with E-state index in [2.05, 4.69) is 25.6 Å². The highest BCUT2D eigenvalue weighted by atomic mass is 32.1. The van der Waals surface area contributed by atoms with Crippen LogP contribution in [-0.4, -0.2) is 52.1 Å². The Bertz CT molecular complexity index is 1020. The molecule has 0 unspecified atom stereocenters. The van der Waals surface area contributed by atoms with Gasteiger partial charge in [0.15, 0.2) is 5.13 Å². The van der Waals surface area contributed by atoms with Crippen molar-refractivity contribution in [3.05, 3.63) is 48.3 Å². The lowest BCUT2D eigenvalue weighted by Crippen LogP contribution is -2.37. The summed E-state index contributed by atoms with van der Waals surface area (Å²) in [4.78, 5) is 38.0. The van der Waals surface area contributed by atoms with Crippen molar-refractivity contribution in [2.75, 3.05) is 30.4 Å². The molecule has 0 saturated heterocycles. The smallest absolute Gasteiger partial charge is 0.322 e. The molecule has 0 saturated carbocycles. The summed E-state index contributed by atoms with van der Waals surface area (Å²) in [5.74, 6) is -0.0942. The van der Waals surface area contributed by atoms with Gasteiger partial charge in [-0.1, -0.05) is 17.4 Å². The van der Waals surface area contributed by atoms with Gasteiger partial charge in [0.1, 0.15) is 18.2 Å². The van der Waals surface area contributed by atoms with Gasteiger partial charge in [0.05, 0.1) is 17.1 Å². The first-order valence-corrected chi connectivity index (χ1v) is 9.55. The molecule has 0 aliphatic rings. The molecule has 0 aromatic carbocycles. The number of carboxylic acids is 1. The summed E-state index contributed by atoms with van der Waals surface area (Å²) in [7, 11) is 1.72. The zero-order chi connectivity index (χ0) is 20.8. The predicted molar refractivity (Wildman–Crippen MR) is 112 cm³/mol. The highest BCUT2D eigenvalue weighted by Crippen LogP contribution is 2.30. The Morgan fingerprint density at radius 2 is 2.03 bits per heavy atom. The van der Waals surface area contributed by atoms with Gasteiger partial charge in [0.25, 0.3) is 0 Å². The normalized spacial score (nSPS) is 10.4. The van der Waals surface area contributed by atoms with Crippen LogP contribution in [0.15, 0.2) is 42.7 Å². The molecule has 10 heteroatoms. The summed E-state index contributed by atoms with van der Waals surface area (Å²) >= 11 is 1.39. The number of likely N-dealkylation sites (N-methyl/N-ethyl adjacent to an activating group) is 1. The SMILES string of the molecule is Cc1ccnc(Nc2cccc(-c3cnc(N(C)CC(=O)NCC(=O)O)s3)n2)c1. The molecule has 0 radical (unpaired) electrons. The molecule has 3 aromatic heterocycles. The monoisotopic (exact) mass is 412 g/mol. The van der Waals surface area contributed by atoms with Gasteiger partial charge in [-0.2, -0.15) is 0 Å². The van der Waals surface area contributed by atoms with Gasteiger partial charge in [-0.15, -0.1) is 0 Å². The maximum atomic E-state index is 11.8. The molecule has 3 aromatic rings. The average molecular weight is 412 g/mol. The number of anilines is 3. The second kappa shape index (κ2) is 9.11. The number of carbonyl (C=O) groups excluding carboxylic acids is 1. The lowest BCUT2D eigenvalue weighted by atomic mass is 10.3. The molecule has 3 rings (SSSR count). The minimum atomic E-state index is -1.09. The molecule has 29 heavy (non-hydrogen) atoms. The van der Waals surface area contributed by atoms with Crippen LogP contribution in [0.4, 0.5) is 16.8 Å². The van der Waals surface area contributed by atoms with Gasteiger partial charge in [0, 0.05) is 19.4 Å². The number of aryl methyl sites for hydroxylation is 1. The average Bonchev–Trinajstić information content (AvgIpc) is 3.17. The van der Waals surface area contributed by atoms with Crippen LogP contribution in [0.5, 0.6) is 0 Å². The molecule has 0 bridgehead atoms. The van der Waals surface area contributed by atoms with E-state index in [4.69, 9.17) is 5.11 Å². The number of aliphatic carboxylic acids is 1. The molecule has 3 N–H and O–H groups in total. The summed E-state index contributed by atoms with van der Waals surface area (Å²) in [6.07, 6.45) is 3.43. The molecular formula is C19H20N6O3S. The van der Waals surface area contributed by atoms with Crippen molar-refractivity contribution < 1.29 is 14.7 Å². The second-order valence-corrected chi connectivity index (χ2v) is 7.29. The van der Waals surface area contributed by atoms with Gasteiger partial charge in [-0.25, -0.2) is 15.0 Å². The first-order chi connectivity index (χ1) is 13.9. The minimum Gasteiger partial charge on any atom is -0.480 e. The lowest BCUT2D eigenvalue weighted by molar-refractivity contribution is -0.137. The van der Waals surface area contributed by atoms with Crippen molar-refractivity contribution in [1.29, 1.82) is 0 Å². The first kappa shape index (κ1) is 20.2. The molecule has 150 valence electrons. The second-order valence-electron chi connectivity index (χ2n) is 6.29. The Balaban J connectivity index is 1.68. The molecule has 0 spiro atoms. The van der Waals surface area contributed by atoms with Crippen molar-refractivity contribution in [3.63, 3.8) is 0 Å². The Morgan fingerprint density at radius 3 is 2.79 bits per heavy atom. The van der Waals surface area contributed by atoms with Crippen LogP contribution in [-0.2, 0) is 9.59 Å². The molecule has 0 fully saturated rings. The largest absolute Gasteiger partial charge is 0.480 e. The Hall–Kier alpha value is -3.53. The number of hydrogen-bond donors (Lipinski definition) is 3. The fourth-order valence-corrected chi connectivity index (χ4v) is 3.30. The topological polar surface area (TPSA) is 120 Å². The quantitative estimate of drug-likeness (QED) is 0.515. The molecule has 0 aliphatic carbocycles. The van der Waals surface area contributed by atoms with Crippen LogP contribution in [0.25, 0.3) is 10.6 Å². The summed E-state index contributed by atoms with van der Waals surface area (Å²) in [5, 5.41) is 14.8. The van der Waals surface area contributed by atoms with Crippen molar-refractivity contribution in [3.8, 4) is 10.6 Å². The van der Waals surface area contributed by atoms with Crippen molar-refractivity contribution in [2.45, 2.75) is 6.92 Å². The van der Waals surface area contributed by atoms with Crippen LogP contribution in [0.2, 0.25) is 0 Å². The van der Waals surface area contributed by atoms with E-state index < -0.39 is 12.5 Å². The maximum Gasteiger partial charge on any atom is 0.322 e. The minimum absolute atomic E-state index is 0.00822. The third-order valence-corrected chi connectivity index (χ3v) is 4.94. The Morgan fingerprint density at radius 1 is 1.21 bits per heavy atom. The van der Waals surface area contributed by atoms with E-state index >= 15 is 0 Å². The zero-order valence-electron chi connectivity index (χ0n) is 15.9. The van der Waals surface area contributed by atoms with Gasteiger partial charge in [-0.3, -0.25) is 9.59 Å². The standard InChI is InChI=1S/C19H20N6O3S/c1-12-6-7-20-16(8-12)24-15-5-3-4-13(23-15)14-9-22-19(29-14)25(2)11-17(26)21-10-18(27)28/h3-9H,10-11H2,1-2H3,(H,21,26)(H,27,28)(H,20,23,24). The van der Waals surface area contributed by atoms with E-state index in [-0.39, 0.29) is 12.5 Å². The van der Waals surface area contributed by atoms with Gasteiger partial charge < -0.3 is 20.6 Å². The first-order valence-electron chi connectivity index (χ1n) is 8.73. The van der Waals surface area contributed by atoms with Crippen molar-refractivity contribution in [2.24, 2.45) is 0 Å². The third kappa shape index (κ3) is 5.72. The van der Waals surface area contributed by atoms with Crippen molar-refractivity contribution in [1.82, 2.24) is 20.3 Å². The van der Waals surface area contributed by atoms with Crippen LogP contribution >= 0.6 is 11.3 Å². The Labute approximate surface area is 171 Å². The highest BCUT2D eigenvalue weighted by Gasteiger charge is 2.13. The van der Waals surface area contributed by atoms with E-state index in [1.807, 2.05) is 37.3 Å². The van der Waals surface area contributed by atoms with Gasteiger partial charge in [-0.05, 0) is 36.8 Å². The summed E-state index contributed by atoms with van der Waals surface area (Å²) in [6.45, 7) is 1.59. The van der Waals surface area contributed by atoms with E-state index in [9.17, 15) is 9.59 Å².